The fourth-order valence-corrected chi connectivity index (χ4v) is 6.01. The first-order valence-electron chi connectivity index (χ1n) is 11.3. The SMILES string of the molecule is Cc1ccnc(N2C[C@@H]3C[C@H](C2)c2ccc(C(=O)N4C[C@H]5COC[C@H]5C4)c(=O)n2C3)c1. The fraction of sp³-hybridized carbons (Fsp3) is 0.542. The zero-order valence-corrected chi connectivity index (χ0v) is 17.9. The Bertz CT molecular complexity index is 1080. The monoisotopic (exact) mass is 420 g/mol. The summed E-state index contributed by atoms with van der Waals surface area (Å²) in [5.74, 6) is 2.42. The first-order chi connectivity index (χ1) is 15.1. The molecular weight excluding hydrogens is 392 g/mol. The van der Waals surface area contributed by atoms with Gasteiger partial charge in [0.1, 0.15) is 11.4 Å². The summed E-state index contributed by atoms with van der Waals surface area (Å²) >= 11 is 0. The van der Waals surface area contributed by atoms with Crippen LogP contribution < -0.4 is 10.5 Å². The van der Waals surface area contributed by atoms with Crippen LogP contribution in [0.15, 0.2) is 35.3 Å². The second kappa shape index (κ2) is 7.19. The van der Waals surface area contributed by atoms with E-state index in [0.29, 0.717) is 43.0 Å². The Kier molecular flexibility index (Phi) is 4.42. The third-order valence-corrected chi connectivity index (χ3v) is 7.59. The lowest BCUT2D eigenvalue weighted by Crippen LogP contribution is -2.48. The number of nitrogens with zero attached hydrogens (tertiary/aromatic N) is 4. The number of ether oxygens (including phenoxy) is 1. The van der Waals surface area contributed by atoms with Crippen LogP contribution in [-0.4, -0.2) is 59.8 Å². The summed E-state index contributed by atoms with van der Waals surface area (Å²) in [6.07, 6.45) is 2.95. The van der Waals surface area contributed by atoms with Crippen LogP contribution in [0.3, 0.4) is 0 Å². The van der Waals surface area contributed by atoms with E-state index in [1.807, 2.05) is 27.8 Å². The standard InChI is InChI=1S/C24H28N4O3/c1-15-4-5-25-22(6-15)26-8-16-7-17(10-26)21-3-2-20(24(30)28(21)9-16)23(29)27-11-18-13-31-14-19(18)12-27/h2-6,16-19H,7-14H2,1H3/t16-,17+,18-,19+/m0/s1. The van der Waals surface area contributed by atoms with Gasteiger partial charge in [-0.05, 0) is 49.1 Å². The molecule has 6 heterocycles. The highest BCUT2D eigenvalue weighted by molar-refractivity contribution is 5.94. The molecule has 1 amide bonds. The molecule has 4 aliphatic rings. The van der Waals surface area contributed by atoms with Crippen molar-refractivity contribution in [2.75, 3.05) is 44.3 Å². The molecule has 0 N–H and O–H groups in total. The molecule has 0 aliphatic carbocycles. The first kappa shape index (κ1) is 19.0. The van der Waals surface area contributed by atoms with E-state index in [9.17, 15) is 9.59 Å². The van der Waals surface area contributed by atoms with Crippen LogP contribution in [0, 0.1) is 24.7 Å². The highest BCUT2D eigenvalue weighted by Gasteiger charge is 2.41. The van der Waals surface area contributed by atoms with Crippen LogP contribution in [0.4, 0.5) is 5.82 Å². The molecule has 6 rings (SSSR count). The molecule has 3 fully saturated rings. The van der Waals surface area contributed by atoms with Crippen molar-refractivity contribution in [1.82, 2.24) is 14.5 Å². The molecule has 4 aliphatic heterocycles. The van der Waals surface area contributed by atoms with Gasteiger partial charge in [0.05, 0.1) is 13.2 Å². The van der Waals surface area contributed by atoms with Gasteiger partial charge in [-0.2, -0.15) is 0 Å². The number of hydrogen-bond donors (Lipinski definition) is 0. The minimum atomic E-state index is -0.118. The third kappa shape index (κ3) is 3.17. The lowest BCUT2D eigenvalue weighted by molar-refractivity contribution is 0.0748. The number of hydrogen-bond acceptors (Lipinski definition) is 5. The van der Waals surface area contributed by atoms with Crippen LogP contribution >= 0.6 is 0 Å². The zero-order valence-electron chi connectivity index (χ0n) is 17.9. The molecule has 7 nitrogen and oxygen atoms in total. The van der Waals surface area contributed by atoms with Crippen molar-refractivity contribution in [3.63, 3.8) is 0 Å². The maximum atomic E-state index is 13.4. The van der Waals surface area contributed by atoms with Gasteiger partial charge < -0.3 is 19.1 Å². The van der Waals surface area contributed by atoms with E-state index in [1.165, 1.54) is 5.56 Å². The minimum absolute atomic E-state index is 0.115. The summed E-state index contributed by atoms with van der Waals surface area (Å²) in [4.78, 5) is 35.3. The summed E-state index contributed by atoms with van der Waals surface area (Å²) in [6.45, 7) is 7.38. The van der Waals surface area contributed by atoms with Gasteiger partial charge in [-0.25, -0.2) is 4.98 Å². The van der Waals surface area contributed by atoms with Gasteiger partial charge in [0.25, 0.3) is 11.5 Å². The van der Waals surface area contributed by atoms with Crippen molar-refractivity contribution in [3.05, 3.63) is 57.6 Å². The van der Waals surface area contributed by atoms with Crippen molar-refractivity contribution < 1.29 is 9.53 Å². The quantitative estimate of drug-likeness (QED) is 0.742. The highest BCUT2D eigenvalue weighted by atomic mass is 16.5. The van der Waals surface area contributed by atoms with Crippen LogP contribution in [0.1, 0.15) is 34.0 Å². The van der Waals surface area contributed by atoms with Gasteiger partial charge in [0.15, 0.2) is 0 Å². The molecular formula is C24H28N4O3. The maximum absolute atomic E-state index is 13.4. The number of carbonyl (C=O) groups is 1. The van der Waals surface area contributed by atoms with Crippen LogP contribution in [0.2, 0.25) is 0 Å². The van der Waals surface area contributed by atoms with Crippen molar-refractivity contribution in [2.45, 2.75) is 25.8 Å². The smallest absolute Gasteiger partial charge is 0.263 e. The Hall–Kier alpha value is -2.67. The predicted octanol–water partition coefficient (Wildman–Crippen LogP) is 1.89. The Labute approximate surface area is 181 Å². The summed E-state index contributed by atoms with van der Waals surface area (Å²) in [6, 6.07) is 7.93. The maximum Gasteiger partial charge on any atom is 0.263 e. The average molecular weight is 421 g/mol. The summed E-state index contributed by atoms with van der Waals surface area (Å²) in [7, 11) is 0. The topological polar surface area (TPSA) is 67.7 Å². The van der Waals surface area contributed by atoms with Gasteiger partial charge in [-0.1, -0.05) is 0 Å². The van der Waals surface area contributed by atoms with Gasteiger partial charge in [0.2, 0.25) is 0 Å². The van der Waals surface area contributed by atoms with Gasteiger partial charge in [-0.3, -0.25) is 9.59 Å². The lowest BCUT2D eigenvalue weighted by Gasteiger charge is -2.43. The molecule has 0 radical (unpaired) electrons. The van der Waals surface area contributed by atoms with Gasteiger partial charge >= 0.3 is 0 Å². The summed E-state index contributed by atoms with van der Waals surface area (Å²) in [5, 5.41) is 0. The van der Waals surface area contributed by atoms with Gasteiger partial charge in [-0.15, -0.1) is 0 Å². The van der Waals surface area contributed by atoms with Crippen LogP contribution in [0.25, 0.3) is 0 Å². The molecule has 0 aromatic carbocycles. The normalized spacial score (nSPS) is 29.1. The Morgan fingerprint density at radius 3 is 2.65 bits per heavy atom. The molecule has 2 bridgehead atoms. The Morgan fingerprint density at radius 2 is 1.87 bits per heavy atom. The predicted molar refractivity (Wildman–Crippen MR) is 116 cm³/mol. The minimum Gasteiger partial charge on any atom is -0.381 e. The number of aromatic nitrogens is 2. The second-order valence-electron chi connectivity index (χ2n) is 9.75. The number of fused-ring (bicyclic) bond motifs is 5. The largest absolute Gasteiger partial charge is 0.381 e. The zero-order chi connectivity index (χ0) is 21.1. The molecule has 4 atom stereocenters. The van der Waals surface area contributed by atoms with Crippen molar-refractivity contribution in [3.8, 4) is 0 Å². The van der Waals surface area contributed by atoms with Crippen LogP contribution in [-0.2, 0) is 11.3 Å². The summed E-state index contributed by atoms with van der Waals surface area (Å²) in [5.41, 5.74) is 2.47. The molecule has 0 saturated carbocycles. The highest BCUT2D eigenvalue weighted by Crippen LogP contribution is 2.37. The second-order valence-corrected chi connectivity index (χ2v) is 9.75. The van der Waals surface area contributed by atoms with E-state index < -0.39 is 0 Å². The van der Waals surface area contributed by atoms with E-state index in [-0.39, 0.29) is 17.4 Å². The van der Waals surface area contributed by atoms with E-state index >= 15 is 0 Å². The van der Waals surface area contributed by atoms with E-state index in [2.05, 4.69) is 22.9 Å². The molecule has 3 saturated heterocycles. The fourth-order valence-electron chi connectivity index (χ4n) is 6.01. The van der Waals surface area contributed by atoms with Crippen molar-refractivity contribution in [2.24, 2.45) is 17.8 Å². The Morgan fingerprint density at radius 1 is 1.06 bits per heavy atom. The van der Waals surface area contributed by atoms with Crippen molar-refractivity contribution in [1.29, 1.82) is 0 Å². The number of aryl methyl sites for hydroxylation is 1. The molecule has 0 spiro atoms. The first-order valence-corrected chi connectivity index (χ1v) is 11.3. The molecule has 31 heavy (non-hydrogen) atoms. The summed E-state index contributed by atoms with van der Waals surface area (Å²) < 4.78 is 7.40. The van der Waals surface area contributed by atoms with Gasteiger partial charge in [0, 0.05) is 62.4 Å². The number of carbonyl (C=O) groups excluding carboxylic acids is 1. The number of pyridine rings is 2. The van der Waals surface area contributed by atoms with Crippen molar-refractivity contribution >= 4 is 11.7 Å². The third-order valence-electron chi connectivity index (χ3n) is 7.59. The molecule has 162 valence electrons. The average Bonchev–Trinajstić information content (AvgIpc) is 3.36. The van der Waals surface area contributed by atoms with E-state index in [0.717, 1.165) is 44.2 Å². The molecule has 0 unspecified atom stereocenters. The number of amides is 1. The number of rotatable bonds is 2. The van der Waals surface area contributed by atoms with E-state index in [1.54, 1.807) is 6.07 Å². The molecule has 2 aromatic rings. The lowest BCUT2D eigenvalue weighted by atomic mass is 9.83. The Balaban J connectivity index is 1.27. The molecule has 2 aromatic heterocycles. The molecule has 7 heteroatoms. The number of likely N-dealkylation sites (tertiary alicyclic amines) is 1. The van der Waals surface area contributed by atoms with Crippen LogP contribution in [0.5, 0.6) is 0 Å². The number of piperidine rings is 1. The van der Waals surface area contributed by atoms with E-state index in [4.69, 9.17) is 4.74 Å². The number of anilines is 1.